The fraction of sp³-hybridized carbons (Fsp3) is 0.588. The number of rotatable bonds is 3. The molecule has 0 aromatic heterocycles. The van der Waals surface area contributed by atoms with Gasteiger partial charge in [0.2, 0.25) is 0 Å². The topological polar surface area (TPSA) is 41.6 Å². The monoisotopic (exact) mass is 288 g/mol. The van der Waals surface area contributed by atoms with Crippen LogP contribution in [0.1, 0.15) is 30.4 Å². The molecule has 1 aromatic carbocycles. The molecule has 0 radical (unpaired) electrons. The number of nitrogens with zero attached hydrogens (tertiary/aromatic N) is 1. The third kappa shape index (κ3) is 3.27. The van der Waals surface area contributed by atoms with Gasteiger partial charge in [-0.1, -0.05) is 18.2 Å². The predicted octanol–water partition coefficient (Wildman–Crippen LogP) is 2.04. The number of ether oxygens (including phenoxy) is 1. The molecular formula is C17H24N2O2. The van der Waals surface area contributed by atoms with Crippen LogP contribution in [0.4, 0.5) is 5.69 Å². The zero-order valence-corrected chi connectivity index (χ0v) is 12.7. The van der Waals surface area contributed by atoms with Crippen molar-refractivity contribution in [3.63, 3.8) is 0 Å². The SMILES string of the molecule is Cc1cccc2c1N(C(=O)COC1CCNCC1)CCC2. The summed E-state index contributed by atoms with van der Waals surface area (Å²) in [4.78, 5) is 14.5. The Bertz CT molecular complexity index is 510. The van der Waals surface area contributed by atoms with Crippen molar-refractivity contribution in [3.05, 3.63) is 29.3 Å². The summed E-state index contributed by atoms with van der Waals surface area (Å²) < 4.78 is 5.82. The van der Waals surface area contributed by atoms with Crippen LogP contribution in [-0.4, -0.2) is 38.3 Å². The molecule has 0 unspecified atom stereocenters. The molecule has 0 atom stereocenters. The summed E-state index contributed by atoms with van der Waals surface area (Å²) >= 11 is 0. The van der Waals surface area contributed by atoms with E-state index in [4.69, 9.17) is 4.74 Å². The Morgan fingerprint density at radius 2 is 2.19 bits per heavy atom. The summed E-state index contributed by atoms with van der Waals surface area (Å²) in [5.74, 6) is 0.101. The maximum absolute atomic E-state index is 12.5. The standard InChI is InChI=1S/C17H24N2O2/c1-13-4-2-5-14-6-3-11-19(17(13)14)16(20)12-21-15-7-9-18-10-8-15/h2,4-5,15,18H,3,6-12H2,1H3. The Morgan fingerprint density at radius 3 is 3.00 bits per heavy atom. The van der Waals surface area contributed by atoms with E-state index in [9.17, 15) is 4.79 Å². The molecule has 114 valence electrons. The summed E-state index contributed by atoms with van der Waals surface area (Å²) in [6.07, 6.45) is 4.34. The molecule has 2 aliphatic heterocycles. The number of benzene rings is 1. The first-order valence-electron chi connectivity index (χ1n) is 7.97. The smallest absolute Gasteiger partial charge is 0.253 e. The minimum absolute atomic E-state index is 0.101. The highest BCUT2D eigenvalue weighted by Crippen LogP contribution is 2.30. The predicted molar refractivity (Wildman–Crippen MR) is 83.7 cm³/mol. The average molecular weight is 288 g/mol. The van der Waals surface area contributed by atoms with Gasteiger partial charge in [-0.3, -0.25) is 4.79 Å². The highest BCUT2D eigenvalue weighted by molar-refractivity contribution is 5.96. The van der Waals surface area contributed by atoms with Crippen molar-refractivity contribution in [3.8, 4) is 0 Å². The number of carbonyl (C=O) groups excluding carboxylic acids is 1. The quantitative estimate of drug-likeness (QED) is 0.925. The number of aryl methyl sites for hydroxylation is 2. The number of carbonyl (C=O) groups is 1. The molecular weight excluding hydrogens is 264 g/mol. The Balaban J connectivity index is 1.66. The van der Waals surface area contributed by atoms with E-state index in [1.165, 1.54) is 11.1 Å². The number of anilines is 1. The number of hydrogen-bond donors (Lipinski definition) is 1. The third-order valence-electron chi connectivity index (χ3n) is 4.45. The van der Waals surface area contributed by atoms with E-state index >= 15 is 0 Å². The Kier molecular flexibility index (Phi) is 4.56. The molecule has 0 spiro atoms. The fourth-order valence-corrected chi connectivity index (χ4v) is 3.33. The lowest BCUT2D eigenvalue weighted by Gasteiger charge is -2.32. The minimum atomic E-state index is 0.101. The second kappa shape index (κ2) is 6.58. The van der Waals surface area contributed by atoms with Crippen molar-refractivity contribution in [1.29, 1.82) is 0 Å². The normalized spacial score (nSPS) is 19.4. The highest BCUT2D eigenvalue weighted by Gasteiger charge is 2.25. The lowest BCUT2D eigenvalue weighted by molar-refractivity contribution is -0.125. The van der Waals surface area contributed by atoms with E-state index in [1.807, 2.05) is 4.90 Å². The highest BCUT2D eigenvalue weighted by atomic mass is 16.5. The molecule has 0 aliphatic carbocycles. The number of fused-ring (bicyclic) bond motifs is 1. The molecule has 21 heavy (non-hydrogen) atoms. The van der Waals surface area contributed by atoms with Gasteiger partial charge in [-0.05, 0) is 56.8 Å². The molecule has 1 fully saturated rings. The van der Waals surface area contributed by atoms with Gasteiger partial charge in [-0.15, -0.1) is 0 Å². The van der Waals surface area contributed by atoms with Gasteiger partial charge in [0.15, 0.2) is 0 Å². The Hall–Kier alpha value is -1.39. The second-order valence-electron chi connectivity index (χ2n) is 5.99. The molecule has 1 aromatic rings. The number of piperidine rings is 1. The first-order chi connectivity index (χ1) is 10.3. The zero-order chi connectivity index (χ0) is 14.7. The summed E-state index contributed by atoms with van der Waals surface area (Å²) in [5, 5.41) is 3.31. The largest absolute Gasteiger partial charge is 0.368 e. The van der Waals surface area contributed by atoms with Gasteiger partial charge >= 0.3 is 0 Å². The van der Waals surface area contributed by atoms with Crippen molar-refractivity contribution in [2.75, 3.05) is 31.1 Å². The maximum atomic E-state index is 12.5. The van der Waals surface area contributed by atoms with Crippen LogP contribution in [0.15, 0.2) is 18.2 Å². The molecule has 4 heteroatoms. The first kappa shape index (κ1) is 14.5. The van der Waals surface area contributed by atoms with Crippen LogP contribution in [0.2, 0.25) is 0 Å². The van der Waals surface area contributed by atoms with E-state index in [0.717, 1.165) is 51.0 Å². The van der Waals surface area contributed by atoms with Crippen LogP contribution in [0.25, 0.3) is 0 Å². The maximum Gasteiger partial charge on any atom is 0.253 e. The van der Waals surface area contributed by atoms with Crippen molar-refractivity contribution >= 4 is 11.6 Å². The van der Waals surface area contributed by atoms with Gasteiger partial charge in [0, 0.05) is 12.2 Å². The van der Waals surface area contributed by atoms with Crippen LogP contribution in [-0.2, 0) is 16.0 Å². The molecule has 2 aliphatic rings. The summed E-state index contributed by atoms with van der Waals surface area (Å²) in [5.41, 5.74) is 3.58. The van der Waals surface area contributed by atoms with Gasteiger partial charge < -0.3 is 15.0 Å². The molecule has 3 rings (SSSR count). The van der Waals surface area contributed by atoms with Crippen molar-refractivity contribution in [2.24, 2.45) is 0 Å². The van der Waals surface area contributed by atoms with Crippen molar-refractivity contribution in [2.45, 2.75) is 38.7 Å². The minimum Gasteiger partial charge on any atom is -0.368 e. The van der Waals surface area contributed by atoms with E-state index in [-0.39, 0.29) is 18.6 Å². The van der Waals surface area contributed by atoms with Crippen LogP contribution in [0, 0.1) is 6.92 Å². The van der Waals surface area contributed by atoms with Crippen LogP contribution < -0.4 is 10.2 Å². The number of nitrogens with one attached hydrogen (secondary N) is 1. The molecule has 1 saturated heterocycles. The Labute approximate surface area is 126 Å². The van der Waals surface area contributed by atoms with E-state index in [1.54, 1.807) is 0 Å². The molecule has 0 bridgehead atoms. The molecule has 4 nitrogen and oxygen atoms in total. The summed E-state index contributed by atoms with van der Waals surface area (Å²) in [6.45, 7) is 5.08. The first-order valence-corrected chi connectivity index (χ1v) is 7.97. The van der Waals surface area contributed by atoms with Crippen LogP contribution >= 0.6 is 0 Å². The lowest BCUT2D eigenvalue weighted by Crippen LogP contribution is -2.40. The van der Waals surface area contributed by atoms with Gasteiger partial charge in [0.1, 0.15) is 6.61 Å². The van der Waals surface area contributed by atoms with Crippen molar-refractivity contribution < 1.29 is 9.53 Å². The van der Waals surface area contributed by atoms with Gasteiger partial charge in [-0.2, -0.15) is 0 Å². The Morgan fingerprint density at radius 1 is 1.38 bits per heavy atom. The van der Waals surface area contributed by atoms with Gasteiger partial charge in [0.05, 0.1) is 6.10 Å². The van der Waals surface area contributed by atoms with E-state index in [2.05, 4.69) is 30.4 Å². The molecule has 1 amide bonds. The van der Waals surface area contributed by atoms with E-state index in [0.29, 0.717) is 0 Å². The lowest BCUT2D eigenvalue weighted by atomic mass is 9.98. The molecule has 0 saturated carbocycles. The molecule has 1 N–H and O–H groups in total. The van der Waals surface area contributed by atoms with Gasteiger partial charge in [0.25, 0.3) is 5.91 Å². The average Bonchev–Trinajstić information content (AvgIpc) is 2.53. The summed E-state index contributed by atoms with van der Waals surface area (Å²) in [6, 6.07) is 6.29. The van der Waals surface area contributed by atoms with Crippen LogP contribution in [0.5, 0.6) is 0 Å². The van der Waals surface area contributed by atoms with E-state index < -0.39 is 0 Å². The fourth-order valence-electron chi connectivity index (χ4n) is 3.33. The van der Waals surface area contributed by atoms with Crippen LogP contribution in [0.3, 0.4) is 0 Å². The second-order valence-corrected chi connectivity index (χ2v) is 5.99. The number of amides is 1. The number of para-hydroxylation sites is 1. The van der Waals surface area contributed by atoms with Crippen molar-refractivity contribution in [1.82, 2.24) is 5.32 Å². The van der Waals surface area contributed by atoms with Gasteiger partial charge in [-0.25, -0.2) is 0 Å². The molecule has 2 heterocycles. The number of hydrogen-bond acceptors (Lipinski definition) is 3. The zero-order valence-electron chi connectivity index (χ0n) is 12.7. The summed E-state index contributed by atoms with van der Waals surface area (Å²) in [7, 11) is 0. The third-order valence-corrected chi connectivity index (χ3v) is 4.45.